The minimum Gasteiger partial charge on any atom is -0.389 e. The van der Waals surface area contributed by atoms with E-state index in [4.69, 9.17) is 0 Å². The average Bonchev–Trinajstić information content (AvgIpc) is 2.33. The molecule has 0 unspecified atom stereocenters. The summed E-state index contributed by atoms with van der Waals surface area (Å²) in [5, 5.41) is 16.3. The molecule has 0 aromatic carbocycles. The Morgan fingerprint density at radius 3 is 2.58 bits per heavy atom. The van der Waals surface area contributed by atoms with E-state index in [-0.39, 0.29) is 5.91 Å². The Kier molecular flexibility index (Phi) is 6.80. The maximum atomic E-state index is 11.6. The van der Waals surface area contributed by atoms with Crippen LogP contribution in [0.2, 0.25) is 0 Å². The van der Waals surface area contributed by atoms with Crippen molar-refractivity contribution >= 4 is 5.91 Å². The van der Waals surface area contributed by atoms with Crippen molar-refractivity contribution in [3.8, 4) is 0 Å². The lowest BCUT2D eigenvalue weighted by atomic mass is 9.79. The molecule has 1 aliphatic carbocycles. The molecule has 1 saturated carbocycles. The van der Waals surface area contributed by atoms with Crippen LogP contribution in [0.4, 0.5) is 0 Å². The van der Waals surface area contributed by atoms with Crippen LogP contribution in [0.1, 0.15) is 52.9 Å². The number of hydrogen-bond acceptors (Lipinski definition) is 3. The van der Waals surface area contributed by atoms with Crippen LogP contribution in [0.15, 0.2) is 0 Å². The second-order valence-corrected chi connectivity index (χ2v) is 6.54. The van der Waals surface area contributed by atoms with Crippen molar-refractivity contribution in [2.75, 3.05) is 19.6 Å². The Morgan fingerprint density at radius 2 is 2.00 bits per heavy atom. The molecule has 3 N–H and O–H groups in total. The molecule has 19 heavy (non-hydrogen) atoms. The zero-order valence-corrected chi connectivity index (χ0v) is 12.7. The Hall–Kier alpha value is -0.610. The Bertz CT molecular complexity index is 271. The predicted molar refractivity (Wildman–Crippen MR) is 77.9 cm³/mol. The minimum atomic E-state index is -0.606. The smallest absolute Gasteiger partial charge is 0.233 e. The second-order valence-electron chi connectivity index (χ2n) is 6.54. The molecule has 112 valence electrons. The van der Waals surface area contributed by atoms with Gasteiger partial charge in [-0.1, -0.05) is 20.8 Å². The van der Waals surface area contributed by atoms with Gasteiger partial charge in [0.2, 0.25) is 5.91 Å². The summed E-state index contributed by atoms with van der Waals surface area (Å²) in [4.78, 5) is 11.6. The van der Waals surface area contributed by atoms with Gasteiger partial charge in [-0.25, -0.2) is 0 Å². The highest BCUT2D eigenvalue weighted by Gasteiger charge is 2.31. The van der Waals surface area contributed by atoms with E-state index < -0.39 is 5.60 Å². The van der Waals surface area contributed by atoms with Crippen LogP contribution in [0.25, 0.3) is 0 Å². The predicted octanol–water partition coefficient (Wildman–Crippen LogP) is 1.68. The normalized spacial score (nSPS) is 27.5. The third-order valence-electron chi connectivity index (χ3n) is 3.99. The molecule has 0 bridgehead atoms. The molecule has 0 heterocycles. The van der Waals surface area contributed by atoms with E-state index in [0.717, 1.165) is 44.6 Å². The Morgan fingerprint density at radius 1 is 1.37 bits per heavy atom. The molecular formula is C15H30N2O2. The number of rotatable bonds is 7. The lowest BCUT2D eigenvalue weighted by Crippen LogP contribution is -2.46. The summed E-state index contributed by atoms with van der Waals surface area (Å²) in [5.41, 5.74) is -0.606. The standard InChI is InChI=1S/C15H30N2O2/c1-12(2)6-9-17-14(18)10-16-11-15(19)7-4-13(3)5-8-15/h12-13,16,19H,4-11H2,1-3H3,(H,17,18). The summed E-state index contributed by atoms with van der Waals surface area (Å²) in [6, 6.07) is 0. The van der Waals surface area contributed by atoms with E-state index in [2.05, 4.69) is 31.4 Å². The minimum absolute atomic E-state index is 0.0217. The summed E-state index contributed by atoms with van der Waals surface area (Å²) >= 11 is 0. The largest absolute Gasteiger partial charge is 0.389 e. The molecule has 0 radical (unpaired) electrons. The van der Waals surface area contributed by atoms with Gasteiger partial charge in [-0.3, -0.25) is 4.79 Å². The van der Waals surface area contributed by atoms with E-state index in [1.165, 1.54) is 0 Å². The lowest BCUT2D eigenvalue weighted by molar-refractivity contribution is -0.120. The lowest BCUT2D eigenvalue weighted by Gasteiger charge is -2.35. The number of hydrogen-bond donors (Lipinski definition) is 3. The summed E-state index contributed by atoms with van der Waals surface area (Å²) in [7, 11) is 0. The number of nitrogens with one attached hydrogen (secondary N) is 2. The highest BCUT2D eigenvalue weighted by Crippen LogP contribution is 2.31. The van der Waals surface area contributed by atoms with Gasteiger partial charge >= 0.3 is 0 Å². The van der Waals surface area contributed by atoms with Crippen molar-refractivity contribution in [3.63, 3.8) is 0 Å². The molecule has 0 aliphatic heterocycles. The zero-order valence-electron chi connectivity index (χ0n) is 12.7. The van der Waals surface area contributed by atoms with Crippen molar-refractivity contribution in [2.24, 2.45) is 11.8 Å². The van der Waals surface area contributed by atoms with Gasteiger partial charge in [-0.05, 0) is 43.9 Å². The van der Waals surface area contributed by atoms with Crippen LogP contribution in [0, 0.1) is 11.8 Å². The summed E-state index contributed by atoms with van der Waals surface area (Å²) in [5.74, 6) is 1.35. The van der Waals surface area contributed by atoms with Crippen molar-refractivity contribution < 1.29 is 9.90 Å². The molecule has 0 aromatic heterocycles. The molecule has 0 aromatic rings. The fourth-order valence-corrected chi connectivity index (χ4v) is 2.45. The van der Waals surface area contributed by atoms with E-state index in [1.54, 1.807) is 0 Å². The fourth-order valence-electron chi connectivity index (χ4n) is 2.45. The molecule has 1 rings (SSSR count). The molecule has 1 fully saturated rings. The average molecular weight is 270 g/mol. The van der Waals surface area contributed by atoms with Crippen LogP contribution in [0.3, 0.4) is 0 Å². The third kappa shape index (κ3) is 6.92. The summed E-state index contributed by atoms with van der Waals surface area (Å²) < 4.78 is 0. The highest BCUT2D eigenvalue weighted by molar-refractivity contribution is 5.77. The second kappa shape index (κ2) is 7.85. The van der Waals surface area contributed by atoms with E-state index in [0.29, 0.717) is 19.0 Å². The number of carbonyl (C=O) groups is 1. The first-order chi connectivity index (χ1) is 8.91. The molecule has 0 saturated heterocycles. The van der Waals surface area contributed by atoms with Gasteiger partial charge in [-0.2, -0.15) is 0 Å². The van der Waals surface area contributed by atoms with Crippen molar-refractivity contribution in [2.45, 2.75) is 58.5 Å². The molecule has 1 amide bonds. The molecule has 4 nitrogen and oxygen atoms in total. The highest BCUT2D eigenvalue weighted by atomic mass is 16.3. The van der Waals surface area contributed by atoms with Gasteiger partial charge in [0.15, 0.2) is 0 Å². The molecule has 0 spiro atoms. The fraction of sp³-hybridized carbons (Fsp3) is 0.933. The maximum Gasteiger partial charge on any atom is 0.233 e. The van der Waals surface area contributed by atoms with Gasteiger partial charge in [0.05, 0.1) is 12.1 Å². The third-order valence-corrected chi connectivity index (χ3v) is 3.99. The van der Waals surface area contributed by atoms with Gasteiger partial charge in [0.1, 0.15) is 0 Å². The first kappa shape index (κ1) is 16.4. The van der Waals surface area contributed by atoms with Crippen molar-refractivity contribution in [1.29, 1.82) is 0 Å². The SMILES string of the molecule is CC(C)CCNC(=O)CNCC1(O)CCC(C)CC1. The van der Waals surface area contributed by atoms with Crippen LogP contribution < -0.4 is 10.6 Å². The number of aliphatic hydroxyl groups is 1. The monoisotopic (exact) mass is 270 g/mol. The van der Waals surface area contributed by atoms with Gasteiger partial charge in [0, 0.05) is 13.1 Å². The van der Waals surface area contributed by atoms with Crippen LogP contribution in [0.5, 0.6) is 0 Å². The summed E-state index contributed by atoms with van der Waals surface area (Å²) in [6.45, 7) is 8.08. The van der Waals surface area contributed by atoms with E-state index in [9.17, 15) is 9.90 Å². The van der Waals surface area contributed by atoms with Gasteiger partial charge < -0.3 is 15.7 Å². The maximum absolute atomic E-state index is 11.6. The van der Waals surface area contributed by atoms with Crippen LogP contribution in [-0.4, -0.2) is 36.2 Å². The quantitative estimate of drug-likeness (QED) is 0.659. The first-order valence-electron chi connectivity index (χ1n) is 7.61. The van der Waals surface area contributed by atoms with Crippen molar-refractivity contribution in [3.05, 3.63) is 0 Å². The zero-order chi connectivity index (χ0) is 14.3. The molecule has 4 heteroatoms. The molecular weight excluding hydrogens is 240 g/mol. The molecule has 1 aliphatic rings. The Balaban J connectivity index is 2.10. The number of amides is 1. The van der Waals surface area contributed by atoms with Crippen LogP contribution >= 0.6 is 0 Å². The van der Waals surface area contributed by atoms with Gasteiger partial charge in [0.25, 0.3) is 0 Å². The topological polar surface area (TPSA) is 61.4 Å². The van der Waals surface area contributed by atoms with Crippen molar-refractivity contribution in [1.82, 2.24) is 10.6 Å². The van der Waals surface area contributed by atoms with Crippen LogP contribution in [-0.2, 0) is 4.79 Å². The van der Waals surface area contributed by atoms with Gasteiger partial charge in [-0.15, -0.1) is 0 Å². The summed E-state index contributed by atoms with van der Waals surface area (Å²) in [6.07, 6.45) is 4.86. The first-order valence-corrected chi connectivity index (χ1v) is 7.61. The Labute approximate surface area is 117 Å². The number of carbonyl (C=O) groups excluding carboxylic acids is 1. The molecule has 0 atom stereocenters. The van der Waals surface area contributed by atoms with E-state index >= 15 is 0 Å². The van der Waals surface area contributed by atoms with E-state index in [1.807, 2.05) is 0 Å².